The molecule has 0 rings (SSSR count). The molecule has 0 saturated carbocycles. The fraction of sp³-hybridized carbons (Fsp3) is 0.677. The fourth-order valence-electron chi connectivity index (χ4n) is 7.83. The first-order valence-corrected chi connectivity index (χ1v) is 29.4. The molecule has 0 aromatic rings. The summed E-state index contributed by atoms with van der Waals surface area (Å²) in [6, 6.07) is 0. The molecule has 404 valence electrons. The van der Waals surface area contributed by atoms with Gasteiger partial charge in [0.15, 0.2) is 6.10 Å². The van der Waals surface area contributed by atoms with Gasteiger partial charge < -0.3 is 14.2 Å². The van der Waals surface area contributed by atoms with E-state index in [0.29, 0.717) is 19.3 Å². The van der Waals surface area contributed by atoms with E-state index in [0.717, 1.165) is 96.3 Å². The molecular weight excluding hydrogens is 877 g/mol. The van der Waals surface area contributed by atoms with Crippen molar-refractivity contribution in [1.82, 2.24) is 0 Å². The third-order valence-electron chi connectivity index (χ3n) is 12.2. The van der Waals surface area contributed by atoms with Crippen molar-refractivity contribution < 1.29 is 28.6 Å². The van der Waals surface area contributed by atoms with Gasteiger partial charge in [0.2, 0.25) is 0 Å². The third kappa shape index (κ3) is 56.9. The van der Waals surface area contributed by atoms with Gasteiger partial charge in [-0.25, -0.2) is 0 Å². The summed E-state index contributed by atoms with van der Waals surface area (Å²) in [5, 5.41) is 0. The summed E-state index contributed by atoms with van der Waals surface area (Å²) < 4.78 is 16.8. The molecule has 0 heterocycles. The number of hydrogen-bond donors (Lipinski definition) is 0. The molecule has 0 N–H and O–H groups in total. The van der Waals surface area contributed by atoms with Gasteiger partial charge in [-0.15, -0.1) is 0 Å². The van der Waals surface area contributed by atoms with Gasteiger partial charge in [0.25, 0.3) is 0 Å². The lowest BCUT2D eigenvalue weighted by Gasteiger charge is -2.18. The second-order valence-corrected chi connectivity index (χ2v) is 19.2. The van der Waals surface area contributed by atoms with Crippen molar-refractivity contribution in [2.45, 2.75) is 271 Å². The van der Waals surface area contributed by atoms with Crippen LogP contribution in [0.4, 0.5) is 0 Å². The summed E-state index contributed by atoms with van der Waals surface area (Å²) >= 11 is 0. The number of esters is 3. The summed E-state index contributed by atoms with van der Waals surface area (Å²) in [5.41, 5.74) is 0. The summed E-state index contributed by atoms with van der Waals surface area (Å²) in [5.74, 6) is -0.974. The minimum atomic E-state index is -0.815. The first-order valence-electron chi connectivity index (χ1n) is 29.4. The predicted molar refractivity (Wildman–Crippen MR) is 307 cm³/mol. The van der Waals surface area contributed by atoms with Gasteiger partial charge in [-0.2, -0.15) is 0 Å². The van der Waals surface area contributed by atoms with Crippen LogP contribution in [0, 0.1) is 0 Å². The highest BCUT2D eigenvalue weighted by atomic mass is 16.6. The van der Waals surface area contributed by atoms with Crippen LogP contribution in [0.15, 0.2) is 109 Å². The fourth-order valence-corrected chi connectivity index (χ4v) is 7.83. The molecule has 6 nitrogen and oxygen atoms in total. The quantitative estimate of drug-likeness (QED) is 0.0261. The molecule has 1 unspecified atom stereocenters. The zero-order chi connectivity index (χ0) is 51.4. The van der Waals surface area contributed by atoms with Crippen LogP contribution in [0.5, 0.6) is 0 Å². The monoisotopic (exact) mass is 985 g/mol. The topological polar surface area (TPSA) is 78.9 Å². The Kier molecular flexibility index (Phi) is 55.4. The van der Waals surface area contributed by atoms with Crippen molar-refractivity contribution in [2.24, 2.45) is 0 Å². The molecule has 6 heteroatoms. The molecule has 0 aliphatic carbocycles. The first kappa shape index (κ1) is 67.1. The molecular formula is C65H108O6. The van der Waals surface area contributed by atoms with E-state index in [-0.39, 0.29) is 37.5 Å². The van der Waals surface area contributed by atoms with Gasteiger partial charge >= 0.3 is 17.9 Å². The van der Waals surface area contributed by atoms with Crippen LogP contribution >= 0.6 is 0 Å². The maximum atomic E-state index is 12.8. The summed E-state index contributed by atoms with van der Waals surface area (Å²) in [6.45, 7) is 6.43. The Labute approximate surface area is 438 Å². The Morgan fingerprint density at radius 3 is 0.901 bits per heavy atom. The van der Waals surface area contributed by atoms with Crippen molar-refractivity contribution in [3.05, 3.63) is 109 Å². The van der Waals surface area contributed by atoms with E-state index >= 15 is 0 Å². The molecule has 0 bridgehead atoms. The van der Waals surface area contributed by atoms with Gasteiger partial charge in [0.05, 0.1) is 0 Å². The number of unbranched alkanes of at least 4 members (excludes halogenated alkanes) is 23. The number of hydrogen-bond acceptors (Lipinski definition) is 6. The maximum absolute atomic E-state index is 12.8. The van der Waals surface area contributed by atoms with E-state index in [9.17, 15) is 14.4 Å². The lowest BCUT2D eigenvalue weighted by molar-refractivity contribution is -0.167. The minimum absolute atomic E-state index is 0.106. The minimum Gasteiger partial charge on any atom is -0.462 e. The Hall–Kier alpha value is -3.93. The third-order valence-corrected chi connectivity index (χ3v) is 12.2. The molecule has 0 aromatic heterocycles. The summed E-state index contributed by atoms with van der Waals surface area (Å²) in [4.78, 5) is 38.2. The van der Waals surface area contributed by atoms with E-state index in [2.05, 4.69) is 130 Å². The molecule has 71 heavy (non-hydrogen) atoms. The van der Waals surface area contributed by atoms with Crippen molar-refractivity contribution >= 4 is 17.9 Å². The Balaban J connectivity index is 4.49. The lowest BCUT2D eigenvalue weighted by atomic mass is 10.1. The van der Waals surface area contributed by atoms with Gasteiger partial charge in [-0.1, -0.05) is 233 Å². The van der Waals surface area contributed by atoms with Gasteiger partial charge in [0, 0.05) is 19.3 Å². The van der Waals surface area contributed by atoms with Crippen LogP contribution < -0.4 is 0 Å². The van der Waals surface area contributed by atoms with Gasteiger partial charge in [0.1, 0.15) is 13.2 Å². The molecule has 0 fully saturated rings. The summed E-state index contributed by atoms with van der Waals surface area (Å²) in [7, 11) is 0. The van der Waals surface area contributed by atoms with Crippen LogP contribution in [0.2, 0.25) is 0 Å². The van der Waals surface area contributed by atoms with E-state index in [1.165, 1.54) is 122 Å². The van der Waals surface area contributed by atoms with Crippen LogP contribution in [0.25, 0.3) is 0 Å². The van der Waals surface area contributed by atoms with E-state index in [4.69, 9.17) is 14.2 Å². The van der Waals surface area contributed by atoms with Crippen molar-refractivity contribution in [3.8, 4) is 0 Å². The average Bonchev–Trinajstić information content (AvgIpc) is 3.37. The van der Waals surface area contributed by atoms with Crippen molar-refractivity contribution in [1.29, 1.82) is 0 Å². The van der Waals surface area contributed by atoms with Crippen LogP contribution in [-0.4, -0.2) is 37.2 Å². The predicted octanol–water partition coefficient (Wildman–Crippen LogP) is 19.9. The van der Waals surface area contributed by atoms with Crippen molar-refractivity contribution in [3.63, 3.8) is 0 Å². The zero-order valence-corrected chi connectivity index (χ0v) is 46.2. The highest BCUT2D eigenvalue weighted by Crippen LogP contribution is 2.14. The highest BCUT2D eigenvalue weighted by molar-refractivity contribution is 5.71. The van der Waals surface area contributed by atoms with Gasteiger partial charge in [-0.05, 0) is 122 Å². The Bertz CT molecular complexity index is 1460. The lowest BCUT2D eigenvalue weighted by Crippen LogP contribution is -2.30. The number of rotatable bonds is 52. The number of allylic oxidation sites excluding steroid dienone is 18. The molecule has 1 atom stereocenters. The van der Waals surface area contributed by atoms with E-state index in [1.54, 1.807) is 0 Å². The van der Waals surface area contributed by atoms with E-state index in [1.807, 2.05) is 0 Å². The van der Waals surface area contributed by atoms with Crippen molar-refractivity contribution in [2.75, 3.05) is 13.2 Å². The maximum Gasteiger partial charge on any atom is 0.306 e. The molecule has 0 aliphatic rings. The molecule has 0 radical (unpaired) electrons. The molecule has 0 aromatic carbocycles. The number of carbonyl (C=O) groups is 3. The second kappa shape index (κ2) is 58.6. The van der Waals surface area contributed by atoms with Crippen LogP contribution in [-0.2, 0) is 28.6 Å². The largest absolute Gasteiger partial charge is 0.462 e. The SMILES string of the molecule is CC/C=C\C/C=C\C/C=C\CCCCCCCCCCCC(=O)OCC(COC(=O)CCCCCCCCC/C=C\C/C=C\CCCCC)OC(=O)CCC/C=C\C/C=C\C/C=C\C/C=C\CCCCC. The zero-order valence-electron chi connectivity index (χ0n) is 46.2. The average molecular weight is 986 g/mol. The first-order chi connectivity index (χ1) is 35.0. The summed E-state index contributed by atoms with van der Waals surface area (Å²) in [6.07, 6.45) is 79.4. The molecule has 0 spiro atoms. The molecule has 0 aliphatic heterocycles. The Morgan fingerprint density at radius 1 is 0.296 bits per heavy atom. The van der Waals surface area contributed by atoms with Crippen LogP contribution in [0.3, 0.4) is 0 Å². The Morgan fingerprint density at radius 2 is 0.563 bits per heavy atom. The van der Waals surface area contributed by atoms with E-state index < -0.39 is 6.10 Å². The standard InChI is InChI=1S/C65H108O6/c1-4-7-10-13-16-19-22-25-28-31-32-35-37-40-43-46-49-52-55-58-64(67)70-61-62(71-65(68)59-56-53-50-47-44-41-38-34-30-27-24-21-18-15-12-9-6-3)60-69-63(66)57-54-51-48-45-42-39-36-33-29-26-23-20-17-14-11-8-5-2/h7,10,16-21,25-30,38,41,47,50,62H,4-6,8-9,11-15,22-24,31-37,39-40,42-46,48-49,51-61H2,1-3H3/b10-7-,19-16-,20-17-,21-18-,28-25-,29-26-,30-27-,41-38-,50-47-. The highest BCUT2D eigenvalue weighted by Gasteiger charge is 2.19. The van der Waals surface area contributed by atoms with Crippen LogP contribution in [0.1, 0.15) is 265 Å². The smallest absolute Gasteiger partial charge is 0.306 e. The molecule has 0 amide bonds. The number of ether oxygens (including phenoxy) is 3. The second-order valence-electron chi connectivity index (χ2n) is 19.2. The number of carbonyl (C=O) groups excluding carboxylic acids is 3. The van der Waals surface area contributed by atoms with Gasteiger partial charge in [-0.3, -0.25) is 14.4 Å². The normalized spacial score (nSPS) is 12.9. The molecule has 0 saturated heterocycles.